The largest absolute Gasteiger partial charge is 0.485 e. The number of aliphatic hydroxyl groups is 1. The Balaban J connectivity index is 0.000000235. The molecule has 0 saturated heterocycles. The van der Waals surface area contributed by atoms with Crippen molar-refractivity contribution in [1.82, 2.24) is 0 Å². The number of ether oxygens (including phenoxy) is 3. The lowest BCUT2D eigenvalue weighted by atomic mass is 10.1. The highest BCUT2D eigenvalue weighted by Crippen LogP contribution is 2.22. The highest BCUT2D eigenvalue weighted by Gasteiger charge is 2.35. The van der Waals surface area contributed by atoms with E-state index in [0.717, 1.165) is 38.0 Å². The van der Waals surface area contributed by atoms with Gasteiger partial charge < -0.3 is 28.2 Å². The number of hydrogen-bond acceptors (Lipinski definition) is 7. The summed E-state index contributed by atoms with van der Waals surface area (Å²) in [6, 6.07) is 58.3. The summed E-state index contributed by atoms with van der Waals surface area (Å²) in [6.45, 7) is 13.1. The third-order valence-electron chi connectivity index (χ3n) is 11.0. The minimum atomic E-state index is -2.25. The molecule has 0 fully saturated rings. The van der Waals surface area contributed by atoms with E-state index in [-0.39, 0.29) is 6.61 Å². The third-order valence-corrected chi connectivity index (χ3v) is 18.3. The summed E-state index contributed by atoms with van der Waals surface area (Å²) >= 11 is 0. The lowest BCUT2D eigenvalue weighted by Crippen LogP contribution is -2.58. The van der Waals surface area contributed by atoms with Gasteiger partial charge in [-0.05, 0) is 123 Å². The topological polar surface area (TPSA) is 83.5 Å². The second kappa shape index (κ2) is 22.7. The maximum absolute atomic E-state index is 11.8. The van der Waals surface area contributed by atoms with E-state index in [1.165, 1.54) is 39.0 Å². The second-order valence-electron chi connectivity index (χ2n) is 16.8. The van der Waals surface area contributed by atoms with Crippen LogP contribution in [0.4, 0.5) is 0 Å². The van der Waals surface area contributed by atoms with Crippen LogP contribution in [0.3, 0.4) is 0 Å². The van der Waals surface area contributed by atoms with Crippen molar-refractivity contribution in [2.24, 2.45) is 0 Å². The predicted molar refractivity (Wildman–Crippen MR) is 257 cm³/mol. The fraction of sp³-hybridized carbons (Fsp3) is 0.302. The first kappa shape index (κ1) is 47.7. The maximum atomic E-state index is 11.8. The van der Waals surface area contributed by atoms with E-state index >= 15 is 0 Å². The number of carbonyl (C=O) groups excluding carboxylic acids is 1. The zero-order chi connectivity index (χ0) is 44.5. The van der Waals surface area contributed by atoms with Gasteiger partial charge in [0.1, 0.15) is 17.1 Å². The van der Waals surface area contributed by atoms with Crippen LogP contribution in [-0.2, 0) is 31.2 Å². The zero-order valence-corrected chi connectivity index (χ0v) is 39.5. The molecule has 0 saturated carbocycles. The number of benzene rings is 6. The third kappa shape index (κ3) is 13.6. The number of hydrogen-bond donors (Lipinski definition) is 1. The molecule has 0 aliphatic heterocycles. The number of aliphatic hydroxyl groups excluding tert-OH is 1. The lowest BCUT2D eigenvalue weighted by molar-refractivity contribution is -0.156. The van der Waals surface area contributed by atoms with E-state index in [9.17, 15) is 9.90 Å². The minimum Gasteiger partial charge on any atom is -0.485 e. The van der Waals surface area contributed by atoms with Gasteiger partial charge in [0.2, 0.25) is 0 Å². The van der Waals surface area contributed by atoms with Crippen LogP contribution in [0.2, 0.25) is 13.1 Å². The Morgan fingerprint density at radius 2 is 0.823 bits per heavy atom. The standard InChI is InChI=1S/C27H32O4Si.C26H32O3Si/c1-27(2,26(28)29-3)31-23-19-17-22(18-20-23)12-11-21-30-32(4,24-13-7-5-8-14-24)25-15-9-6-10-16-25;1-26(2,21-27)29-23-18-16-22(17-19-23)11-10-20-28-30(3,24-12-6-4-7-13-24)25-14-8-5-9-15-25/h5-10,13-20H,11-12,21H2,1-4H3;4-9,12-19,27H,10-11,20-21H2,1-3H3. The summed E-state index contributed by atoms with van der Waals surface area (Å²) in [5, 5.41) is 14.5. The lowest BCUT2D eigenvalue weighted by Gasteiger charge is -2.28. The molecule has 62 heavy (non-hydrogen) atoms. The van der Waals surface area contributed by atoms with E-state index < -0.39 is 33.8 Å². The molecular weight excluding hydrogens is 805 g/mol. The van der Waals surface area contributed by atoms with Gasteiger partial charge in [0.15, 0.2) is 5.60 Å². The summed E-state index contributed by atoms with van der Waals surface area (Å²) in [5.74, 6) is 1.03. The molecule has 6 rings (SSSR count). The van der Waals surface area contributed by atoms with Gasteiger partial charge >= 0.3 is 5.97 Å². The van der Waals surface area contributed by atoms with Gasteiger partial charge in [-0.15, -0.1) is 0 Å². The quantitative estimate of drug-likeness (QED) is 0.0468. The molecule has 326 valence electrons. The molecule has 7 nitrogen and oxygen atoms in total. The first-order chi connectivity index (χ1) is 29.8. The van der Waals surface area contributed by atoms with Crippen LogP contribution >= 0.6 is 0 Å². The number of esters is 1. The molecular formula is C53H64O7Si2. The van der Waals surface area contributed by atoms with Crippen molar-refractivity contribution in [2.75, 3.05) is 26.9 Å². The molecule has 1 N–H and O–H groups in total. The van der Waals surface area contributed by atoms with Crippen LogP contribution in [0.15, 0.2) is 170 Å². The highest BCUT2D eigenvalue weighted by atomic mass is 28.4. The first-order valence-electron chi connectivity index (χ1n) is 21.5. The average Bonchev–Trinajstić information content (AvgIpc) is 3.31. The Kier molecular flexibility index (Phi) is 17.5. The Morgan fingerprint density at radius 1 is 0.500 bits per heavy atom. The molecule has 0 unspecified atom stereocenters. The SMILES string of the molecule is CC(C)(CO)Oc1ccc(CCCO[Si](C)(c2ccccc2)c2ccccc2)cc1.COC(=O)C(C)(C)Oc1ccc(CCCO[Si](C)(c2ccccc2)c2ccccc2)cc1. The van der Waals surface area contributed by atoms with Crippen LogP contribution in [0, 0.1) is 0 Å². The van der Waals surface area contributed by atoms with Gasteiger partial charge in [-0.3, -0.25) is 0 Å². The van der Waals surface area contributed by atoms with Gasteiger partial charge in [0, 0.05) is 13.2 Å². The molecule has 0 spiro atoms. The molecule has 6 aromatic carbocycles. The Morgan fingerprint density at radius 3 is 1.13 bits per heavy atom. The molecule has 0 radical (unpaired) electrons. The van der Waals surface area contributed by atoms with Crippen molar-refractivity contribution in [2.45, 2.75) is 77.7 Å². The molecule has 9 heteroatoms. The van der Waals surface area contributed by atoms with Crippen LogP contribution in [0.5, 0.6) is 11.5 Å². The summed E-state index contributed by atoms with van der Waals surface area (Å²) < 4.78 is 29.6. The molecule has 6 aromatic rings. The van der Waals surface area contributed by atoms with Crippen molar-refractivity contribution in [3.63, 3.8) is 0 Å². The molecule has 0 amide bonds. The van der Waals surface area contributed by atoms with E-state index in [0.29, 0.717) is 12.4 Å². The normalized spacial score (nSPS) is 11.9. The van der Waals surface area contributed by atoms with Gasteiger partial charge in [-0.1, -0.05) is 146 Å². The molecule has 0 aromatic heterocycles. The molecule has 0 atom stereocenters. The van der Waals surface area contributed by atoms with Crippen LogP contribution in [0.1, 0.15) is 51.7 Å². The summed E-state index contributed by atoms with van der Waals surface area (Å²) in [5.41, 5.74) is 0.878. The van der Waals surface area contributed by atoms with Gasteiger partial charge in [-0.25, -0.2) is 4.79 Å². The van der Waals surface area contributed by atoms with Crippen molar-refractivity contribution in [3.8, 4) is 11.5 Å². The number of carbonyl (C=O) groups is 1. The van der Waals surface area contributed by atoms with Crippen molar-refractivity contribution in [1.29, 1.82) is 0 Å². The summed E-state index contributed by atoms with van der Waals surface area (Å²) in [7, 11) is -3.11. The molecule has 0 aliphatic rings. The number of rotatable bonds is 20. The van der Waals surface area contributed by atoms with E-state index in [1.54, 1.807) is 13.8 Å². The molecule has 0 bridgehead atoms. The van der Waals surface area contributed by atoms with Gasteiger partial charge in [-0.2, -0.15) is 0 Å². The monoisotopic (exact) mass is 868 g/mol. The highest BCUT2D eigenvalue weighted by molar-refractivity contribution is 6.97. The minimum absolute atomic E-state index is 0.0163. The van der Waals surface area contributed by atoms with Gasteiger partial charge in [0.05, 0.1) is 13.7 Å². The fourth-order valence-corrected chi connectivity index (χ4v) is 12.9. The van der Waals surface area contributed by atoms with Crippen molar-refractivity contribution < 1.29 is 33.0 Å². The van der Waals surface area contributed by atoms with Crippen LogP contribution < -0.4 is 30.2 Å². The summed E-state index contributed by atoms with van der Waals surface area (Å²) in [6.07, 6.45) is 3.76. The number of aryl methyl sites for hydroxylation is 2. The average molecular weight is 869 g/mol. The molecule has 0 heterocycles. The Labute approximate surface area is 371 Å². The fourth-order valence-electron chi connectivity index (χ4n) is 7.18. The second-order valence-corrected chi connectivity index (χ2v) is 23.9. The first-order valence-corrected chi connectivity index (χ1v) is 26.3. The molecule has 0 aliphatic carbocycles. The Hall–Kier alpha value is -5.30. The smallest absolute Gasteiger partial charge is 0.349 e. The zero-order valence-electron chi connectivity index (χ0n) is 37.5. The number of methoxy groups -OCH3 is 1. The van der Waals surface area contributed by atoms with E-state index in [4.69, 9.17) is 23.1 Å². The van der Waals surface area contributed by atoms with Crippen LogP contribution in [-0.4, -0.2) is 65.8 Å². The predicted octanol–water partition coefficient (Wildman–Crippen LogP) is 8.53. The van der Waals surface area contributed by atoms with Crippen LogP contribution in [0.25, 0.3) is 0 Å². The van der Waals surface area contributed by atoms with E-state index in [2.05, 4.69) is 134 Å². The van der Waals surface area contributed by atoms with Crippen molar-refractivity contribution in [3.05, 3.63) is 181 Å². The van der Waals surface area contributed by atoms with E-state index in [1.807, 2.05) is 62.4 Å². The van der Waals surface area contributed by atoms with Crippen molar-refractivity contribution >= 4 is 43.4 Å². The van der Waals surface area contributed by atoms with Gasteiger partial charge in [0.25, 0.3) is 16.6 Å². The summed E-state index contributed by atoms with van der Waals surface area (Å²) in [4.78, 5) is 11.8. The maximum Gasteiger partial charge on any atom is 0.349 e. The Bertz CT molecular complexity index is 2120.